The number of piperidine rings is 1. The van der Waals surface area contributed by atoms with Crippen LogP contribution in [0.15, 0.2) is 47.6 Å². The molecule has 4 aliphatic rings. The van der Waals surface area contributed by atoms with Crippen molar-refractivity contribution in [3.8, 4) is 0 Å². The zero-order valence-corrected chi connectivity index (χ0v) is 41.6. The van der Waals surface area contributed by atoms with Gasteiger partial charge < -0.3 is 43.5 Å². The van der Waals surface area contributed by atoms with Crippen molar-refractivity contribution in [2.45, 2.75) is 180 Å². The molecule has 2 bridgehead atoms. The van der Waals surface area contributed by atoms with Gasteiger partial charge in [-0.1, -0.05) is 71.1 Å². The lowest BCUT2D eigenvalue weighted by Crippen LogP contribution is -2.61. The number of ether oxygens (including phenoxy) is 6. The Hall–Kier alpha value is -3.37. The van der Waals surface area contributed by atoms with Crippen molar-refractivity contribution in [3.63, 3.8) is 0 Å². The first-order valence-electron chi connectivity index (χ1n) is 24.3. The van der Waals surface area contributed by atoms with Crippen molar-refractivity contribution < 1.29 is 62.6 Å². The van der Waals surface area contributed by atoms with Gasteiger partial charge in [-0.3, -0.25) is 19.2 Å². The molecule has 0 radical (unpaired) electrons. The molecule has 66 heavy (non-hydrogen) atoms. The second kappa shape index (κ2) is 25.8. The van der Waals surface area contributed by atoms with Crippen LogP contribution in [0.1, 0.15) is 126 Å². The zero-order valence-electron chi connectivity index (χ0n) is 41.6. The highest BCUT2D eigenvalue weighted by atomic mass is 16.6. The number of methoxy groups -OCH3 is 4. The van der Waals surface area contributed by atoms with Gasteiger partial charge in [-0.25, -0.2) is 4.79 Å². The molecule has 2 N–H and O–H groups in total. The Morgan fingerprint density at radius 1 is 0.818 bits per heavy atom. The summed E-state index contributed by atoms with van der Waals surface area (Å²) in [7, 11) is 6.31. The minimum Gasteiger partial charge on any atom is -0.460 e. The quantitative estimate of drug-likeness (QED) is 0.154. The average molecular weight is 928 g/mol. The third kappa shape index (κ3) is 14.3. The van der Waals surface area contributed by atoms with Gasteiger partial charge in [-0.2, -0.15) is 0 Å². The molecular weight excluding hydrogens is 847 g/mol. The number of aliphatic hydroxyl groups is 2. The second-order valence-corrected chi connectivity index (χ2v) is 19.8. The highest BCUT2D eigenvalue weighted by molar-refractivity contribution is 6.39. The smallest absolute Gasteiger partial charge is 0.329 e. The van der Waals surface area contributed by atoms with Gasteiger partial charge >= 0.3 is 5.97 Å². The van der Waals surface area contributed by atoms with Crippen molar-refractivity contribution in [1.29, 1.82) is 0 Å². The molecular formula is C52H81NO13. The number of aliphatic hydroxyl groups excluding tert-OH is 1. The number of allylic oxidation sites excluding steroid dienone is 6. The molecule has 0 aromatic rings. The molecule has 0 aromatic heterocycles. The fourth-order valence-corrected chi connectivity index (χ4v) is 10.4. The molecule has 3 aliphatic heterocycles. The number of hydrogen-bond acceptors (Lipinski definition) is 13. The van der Waals surface area contributed by atoms with E-state index >= 15 is 0 Å². The predicted octanol–water partition coefficient (Wildman–Crippen LogP) is 6.83. The highest BCUT2D eigenvalue weighted by Gasteiger charge is 2.53. The van der Waals surface area contributed by atoms with Crippen LogP contribution >= 0.6 is 0 Å². The summed E-state index contributed by atoms with van der Waals surface area (Å²) in [5, 5.41) is 23.4. The summed E-state index contributed by atoms with van der Waals surface area (Å²) in [4.78, 5) is 72.0. The molecule has 14 nitrogen and oxygen atoms in total. The summed E-state index contributed by atoms with van der Waals surface area (Å²) in [6, 6.07) is -1.12. The molecule has 1 amide bonds. The molecule has 0 spiro atoms. The first-order valence-corrected chi connectivity index (χ1v) is 24.3. The summed E-state index contributed by atoms with van der Waals surface area (Å²) in [6.07, 6.45) is 12.7. The molecule has 14 heteroatoms. The third-order valence-corrected chi connectivity index (χ3v) is 14.8. The van der Waals surface area contributed by atoms with E-state index in [9.17, 15) is 34.2 Å². The standard InChI is InChI=1S/C52H81NO13/c1-31-17-13-12-14-18-32(2)43(62-9)29-39-22-20-37(7)52(60,66-39)49(57)50(58)53-24-16-15-19-40(53)51(59)65-44(34(4)27-38-21-23-42(61-8)45(28-38)63-10)30-41(54)33(3)26-36(6)47(56)48(64-11)46(55)35(5)25-31/h12-14,17-18,26,31,33-35,37-40,42-45,47-48,56,60H,15-16,19-25,27-30H2,1-11H3/b14-12+,17-13+,32-18+,36-26+/t31-,33-,34-,35-,37-,38+,39+,40+,42-,43+,44+,45-,47-,48+,52-/m1/s1. The van der Waals surface area contributed by atoms with E-state index in [2.05, 4.69) is 0 Å². The average Bonchev–Trinajstić information content (AvgIpc) is 3.30. The fourth-order valence-electron chi connectivity index (χ4n) is 10.4. The Morgan fingerprint density at radius 2 is 1.53 bits per heavy atom. The predicted molar refractivity (Wildman–Crippen MR) is 250 cm³/mol. The van der Waals surface area contributed by atoms with E-state index in [1.807, 2.05) is 58.1 Å². The molecule has 1 saturated carbocycles. The number of esters is 1. The number of rotatable bonds is 7. The summed E-state index contributed by atoms with van der Waals surface area (Å²) in [5.41, 5.74) is 1.29. The van der Waals surface area contributed by atoms with Crippen LogP contribution in [0.3, 0.4) is 0 Å². The number of carbonyl (C=O) groups is 5. The van der Waals surface area contributed by atoms with Crippen LogP contribution < -0.4 is 0 Å². The third-order valence-electron chi connectivity index (χ3n) is 14.8. The molecule has 3 fully saturated rings. The molecule has 4 rings (SSSR count). The van der Waals surface area contributed by atoms with Gasteiger partial charge in [-0.05, 0) is 107 Å². The Morgan fingerprint density at radius 3 is 2.20 bits per heavy atom. The first kappa shape index (κ1) is 55.2. The fraction of sp³-hybridized carbons (Fsp3) is 0.750. The lowest BCUT2D eigenvalue weighted by molar-refractivity contribution is -0.265. The van der Waals surface area contributed by atoms with Crippen molar-refractivity contribution in [3.05, 3.63) is 47.6 Å². The molecule has 0 aromatic carbocycles. The number of cyclic esters (lactones) is 1. The number of ketones is 3. The van der Waals surface area contributed by atoms with Gasteiger partial charge in [0, 0.05) is 65.6 Å². The van der Waals surface area contributed by atoms with Crippen molar-refractivity contribution in [2.75, 3.05) is 35.0 Å². The molecule has 3 heterocycles. The number of Topliss-reactive ketones (excluding diaryl/α,β-unsaturated/α-hetero) is 3. The van der Waals surface area contributed by atoms with Gasteiger partial charge in [0.2, 0.25) is 5.79 Å². The Labute approximate surface area is 393 Å². The van der Waals surface area contributed by atoms with E-state index in [4.69, 9.17) is 28.4 Å². The highest BCUT2D eigenvalue weighted by Crippen LogP contribution is 2.38. The van der Waals surface area contributed by atoms with Crippen LogP contribution in [0.2, 0.25) is 0 Å². The lowest BCUT2D eigenvalue weighted by Gasteiger charge is -2.42. The summed E-state index contributed by atoms with van der Waals surface area (Å²) >= 11 is 0. The number of hydrogen-bond donors (Lipinski definition) is 2. The topological polar surface area (TPSA) is 184 Å². The maximum atomic E-state index is 14.4. The van der Waals surface area contributed by atoms with Gasteiger partial charge in [0.15, 0.2) is 5.78 Å². The molecule has 15 atom stereocenters. The maximum Gasteiger partial charge on any atom is 0.329 e. The Balaban J connectivity index is 1.70. The zero-order chi connectivity index (χ0) is 48.9. The minimum atomic E-state index is -2.42. The molecule has 372 valence electrons. The van der Waals surface area contributed by atoms with Gasteiger partial charge in [0.05, 0.1) is 24.4 Å². The normalized spacial score (nSPS) is 40.0. The molecule has 0 unspecified atom stereocenters. The Bertz CT molecular complexity index is 1770. The number of carbonyl (C=O) groups excluding carboxylic acids is 5. The van der Waals surface area contributed by atoms with E-state index < -0.39 is 77.8 Å². The van der Waals surface area contributed by atoms with Crippen molar-refractivity contribution in [2.24, 2.45) is 35.5 Å². The van der Waals surface area contributed by atoms with Gasteiger partial charge in [0.25, 0.3) is 11.7 Å². The van der Waals surface area contributed by atoms with Crippen LogP contribution in [-0.2, 0) is 52.4 Å². The molecule has 1 aliphatic carbocycles. The van der Waals surface area contributed by atoms with E-state index in [1.54, 1.807) is 48.2 Å². The number of amides is 1. The summed E-state index contributed by atoms with van der Waals surface area (Å²) in [6.45, 7) is 12.8. The monoisotopic (exact) mass is 928 g/mol. The van der Waals surface area contributed by atoms with Crippen molar-refractivity contribution >= 4 is 29.2 Å². The number of nitrogens with zero attached hydrogens (tertiary/aromatic N) is 1. The van der Waals surface area contributed by atoms with Crippen LogP contribution in [0.25, 0.3) is 0 Å². The summed E-state index contributed by atoms with van der Waals surface area (Å²) < 4.78 is 35.3. The van der Waals surface area contributed by atoms with Crippen molar-refractivity contribution in [1.82, 2.24) is 4.90 Å². The minimum absolute atomic E-state index is 0.0246. The lowest BCUT2D eigenvalue weighted by atomic mass is 9.78. The SMILES string of the molecule is CO[C@H]1C[C@@H]2CC[C@@H](C)[C@@](O)(O2)C(=O)C(=O)N2CCCC[C@H]2C(=O)O[C@H]([C@H](C)C[C@@H]2CC[C@@H](OC)[C@H](OC)C2)CC(=O)[C@H](C)/C=C(\C)[C@@H](O)[C@@H](OC)C(=O)[C@H](C)C[C@H](C)/C=C/C=C/C=C/1C. The van der Waals surface area contributed by atoms with Gasteiger partial charge in [-0.15, -0.1) is 0 Å². The number of fused-ring (bicyclic) bond motifs is 3. The van der Waals surface area contributed by atoms with E-state index in [1.165, 1.54) is 12.0 Å². The van der Waals surface area contributed by atoms with Crippen LogP contribution in [0.5, 0.6) is 0 Å². The van der Waals surface area contributed by atoms with Crippen LogP contribution in [-0.4, -0.2) is 134 Å². The maximum absolute atomic E-state index is 14.4. The van der Waals surface area contributed by atoms with Gasteiger partial charge in [0.1, 0.15) is 30.1 Å². The molecule has 2 saturated heterocycles. The Kier molecular flexibility index (Phi) is 21.6. The largest absolute Gasteiger partial charge is 0.460 e. The van der Waals surface area contributed by atoms with Crippen LogP contribution in [0.4, 0.5) is 0 Å². The second-order valence-electron chi connectivity index (χ2n) is 19.8. The van der Waals surface area contributed by atoms with Crippen LogP contribution in [0, 0.1) is 35.5 Å². The van der Waals surface area contributed by atoms with E-state index in [0.717, 1.165) is 24.8 Å². The van der Waals surface area contributed by atoms with E-state index in [0.29, 0.717) is 50.5 Å². The first-order chi connectivity index (χ1) is 31.3. The summed E-state index contributed by atoms with van der Waals surface area (Å²) in [5.74, 6) is -7.72. The van der Waals surface area contributed by atoms with E-state index in [-0.39, 0.29) is 60.9 Å².